The van der Waals surface area contributed by atoms with Gasteiger partial charge in [-0.2, -0.15) is 0 Å². The summed E-state index contributed by atoms with van der Waals surface area (Å²) in [7, 11) is 0. The first-order valence-electron chi connectivity index (χ1n) is 7.32. The van der Waals surface area contributed by atoms with E-state index in [1.54, 1.807) is 0 Å². The van der Waals surface area contributed by atoms with Gasteiger partial charge in [-0.15, -0.1) is 0 Å². The molecule has 0 saturated heterocycles. The van der Waals surface area contributed by atoms with Crippen molar-refractivity contribution >= 4 is 10.9 Å². The predicted molar refractivity (Wildman–Crippen MR) is 86.4 cm³/mol. The number of rotatable bonds is 6. The van der Waals surface area contributed by atoms with Crippen molar-refractivity contribution in [3.63, 3.8) is 0 Å². The van der Waals surface area contributed by atoms with Crippen LogP contribution in [0.15, 0.2) is 60.8 Å². The van der Waals surface area contributed by atoms with Crippen molar-refractivity contribution in [2.75, 3.05) is 6.61 Å². The molecular weight excluding hydrogens is 260 g/mol. The average molecular weight is 280 g/mol. The minimum Gasteiger partial charge on any atom is -0.494 e. The highest BCUT2D eigenvalue weighted by Gasteiger charge is 2.02. The van der Waals surface area contributed by atoms with Gasteiger partial charge in [-0.1, -0.05) is 24.3 Å². The smallest absolute Gasteiger partial charge is 0.119 e. The van der Waals surface area contributed by atoms with E-state index in [0.717, 1.165) is 25.3 Å². The fourth-order valence-corrected chi connectivity index (χ4v) is 2.51. The Balaban J connectivity index is 1.58. The highest BCUT2D eigenvalue weighted by Crippen LogP contribution is 2.18. The molecule has 0 unspecified atom stereocenters. The summed E-state index contributed by atoms with van der Waals surface area (Å²) in [5, 5.41) is 1.25. The van der Waals surface area contributed by atoms with Crippen LogP contribution in [0.25, 0.3) is 10.9 Å². The maximum absolute atomic E-state index is 5.72. The first-order chi connectivity index (χ1) is 10.4. The first kappa shape index (κ1) is 13.7. The molecule has 3 nitrogen and oxygen atoms in total. The maximum atomic E-state index is 5.72. The predicted octanol–water partition coefficient (Wildman–Crippen LogP) is 3.57. The van der Waals surface area contributed by atoms with Gasteiger partial charge in [-0.25, -0.2) is 0 Å². The second-order valence-corrected chi connectivity index (χ2v) is 5.12. The Kier molecular flexibility index (Phi) is 4.22. The minimum atomic E-state index is 0.589. The number of nitrogens with zero attached hydrogens (tertiary/aromatic N) is 1. The number of aromatic nitrogens is 1. The van der Waals surface area contributed by atoms with Gasteiger partial charge in [0.1, 0.15) is 5.75 Å². The Morgan fingerprint density at radius 1 is 1.00 bits per heavy atom. The summed E-state index contributed by atoms with van der Waals surface area (Å²) in [6, 6.07) is 18.5. The molecule has 0 aliphatic heterocycles. The zero-order valence-corrected chi connectivity index (χ0v) is 12.0. The molecule has 0 fully saturated rings. The molecule has 108 valence electrons. The van der Waals surface area contributed by atoms with Crippen LogP contribution in [0.3, 0.4) is 0 Å². The molecular formula is C18H20N2O. The lowest BCUT2D eigenvalue weighted by atomic mass is 10.1. The molecule has 0 atom stereocenters. The number of nitrogens with two attached hydrogens (primary N) is 1. The topological polar surface area (TPSA) is 40.2 Å². The highest BCUT2D eigenvalue weighted by atomic mass is 16.5. The first-order valence-corrected chi connectivity index (χ1v) is 7.32. The molecule has 21 heavy (non-hydrogen) atoms. The van der Waals surface area contributed by atoms with Crippen LogP contribution in [0, 0.1) is 0 Å². The molecule has 2 N–H and O–H groups in total. The van der Waals surface area contributed by atoms with E-state index in [2.05, 4.69) is 35.0 Å². The van der Waals surface area contributed by atoms with Crippen molar-refractivity contribution in [3.8, 4) is 5.75 Å². The molecule has 0 saturated carbocycles. The number of ether oxygens (including phenoxy) is 1. The summed E-state index contributed by atoms with van der Waals surface area (Å²) >= 11 is 0. The van der Waals surface area contributed by atoms with Crippen LogP contribution in [0.4, 0.5) is 0 Å². The van der Waals surface area contributed by atoms with Crippen molar-refractivity contribution in [2.45, 2.75) is 19.5 Å². The third kappa shape index (κ3) is 3.26. The van der Waals surface area contributed by atoms with E-state index in [4.69, 9.17) is 10.5 Å². The molecule has 1 aromatic heterocycles. The summed E-state index contributed by atoms with van der Waals surface area (Å²) in [4.78, 5) is 0. The zero-order chi connectivity index (χ0) is 14.5. The number of aryl methyl sites for hydroxylation is 1. The average Bonchev–Trinajstić information content (AvgIpc) is 2.95. The zero-order valence-electron chi connectivity index (χ0n) is 12.0. The number of fused-ring (bicyclic) bond motifs is 1. The highest BCUT2D eigenvalue weighted by molar-refractivity contribution is 5.80. The second kappa shape index (κ2) is 6.46. The van der Waals surface area contributed by atoms with Crippen molar-refractivity contribution in [3.05, 3.63) is 66.4 Å². The second-order valence-electron chi connectivity index (χ2n) is 5.12. The number of benzene rings is 2. The SMILES string of the molecule is NCc1ccc2c(ccn2CCCOc2ccccc2)c1. The van der Waals surface area contributed by atoms with Crippen molar-refractivity contribution < 1.29 is 4.74 Å². The largest absolute Gasteiger partial charge is 0.494 e. The molecule has 1 heterocycles. The van der Waals surface area contributed by atoms with Gasteiger partial charge < -0.3 is 15.0 Å². The Hall–Kier alpha value is -2.26. The van der Waals surface area contributed by atoms with Crippen LogP contribution in [-0.2, 0) is 13.1 Å². The molecule has 0 spiro atoms. The van der Waals surface area contributed by atoms with Crippen molar-refractivity contribution in [2.24, 2.45) is 5.73 Å². The molecule has 0 bridgehead atoms. The minimum absolute atomic E-state index is 0.589. The molecule has 0 aliphatic carbocycles. The lowest BCUT2D eigenvalue weighted by Crippen LogP contribution is -2.03. The lowest BCUT2D eigenvalue weighted by molar-refractivity contribution is 0.302. The Morgan fingerprint density at radius 3 is 2.67 bits per heavy atom. The van der Waals surface area contributed by atoms with E-state index in [0.29, 0.717) is 6.54 Å². The van der Waals surface area contributed by atoms with Crippen LogP contribution < -0.4 is 10.5 Å². The Labute approximate surface area is 125 Å². The molecule has 0 aliphatic rings. The van der Waals surface area contributed by atoms with E-state index in [1.165, 1.54) is 16.5 Å². The molecule has 3 heteroatoms. The van der Waals surface area contributed by atoms with Crippen LogP contribution in [-0.4, -0.2) is 11.2 Å². The van der Waals surface area contributed by atoms with Crippen molar-refractivity contribution in [1.29, 1.82) is 0 Å². The molecule has 3 aromatic rings. The monoisotopic (exact) mass is 280 g/mol. The van der Waals surface area contributed by atoms with E-state index in [1.807, 2.05) is 30.3 Å². The van der Waals surface area contributed by atoms with E-state index in [-0.39, 0.29) is 0 Å². The standard InChI is InChI=1S/C18H20N2O/c19-14-15-7-8-18-16(13-15)9-11-20(18)10-4-12-21-17-5-2-1-3-6-17/h1-3,5-9,11,13H,4,10,12,14,19H2. The van der Waals surface area contributed by atoms with Crippen LogP contribution in [0.1, 0.15) is 12.0 Å². The van der Waals surface area contributed by atoms with Gasteiger partial charge in [0.05, 0.1) is 6.61 Å². The summed E-state index contributed by atoms with van der Waals surface area (Å²) in [6.07, 6.45) is 3.12. The summed E-state index contributed by atoms with van der Waals surface area (Å²) < 4.78 is 7.99. The van der Waals surface area contributed by atoms with E-state index in [9.17, 15) is 0 Å². The van der Waals surface area contributed by atoms with Crippen LogP contribution in [0.5, 0.6) is 5.75 Å². The fraction of sp³-hybridized carbons (Fsp3) is 0.222. The van der Waals surface area contributed by atoms with E-state index >= 15 is 0 Å². The van der Waals surface area contributed by atoms with Gasteiger partial charge in [0.15, 0.2) is 0 Å². The van der Waals surface area contributed by atoms with Crippen LogP contribution >= 0.6 is 0 Å². The number of hydrogen-bond acceptors (Lipinski definition) is 2. The normalized spacial score (nSPS) is 10.9. The van der Waals surface area contributed by atoms with Gasteiger partial charge in [-0.05, 0) is 47.7 Å². The lowest BCUT2D eigenvalue weighted by Gasteiger charge is -2.08. The van der Waals surface area contributed by atoms with Gasteiger partial charge >= 0.3 is 0 Å². The van der Waals surface area contributed by atoms with Gasteiger partial charge in [0, 0.05) is 24.8 Å². The fourth-order valence-electron chi connectivity index (χ4n) is 2.51. The van der Waals surface area contributed by atoms with Crippen LogP contribution in [0.2, 0.25) is 0 Å². The molecule has 3 rings (SSSR count). The van der Waals surface area contributed by atoms with Gasteiger partial charge in [-0.3, -0.25) is 0 Å². The molecule has 2 aromatic carbocycles. The molecule has 0 amide bonds. The summed E-state index contributed by atoms with van der Waals surface area (Å²) in [5.41, 5.74) is 8.11. The maximum Gasteiger partial charge on any atom is 0.119 e. The van der Waals surface area contributed by atoms with E-state index < -0.39 is 0 Å². The quantitative estimate of drug-likeness (QED) is 0.701. The van der Waals surface area contributed by atoms with Crippen molar-refractivity contribution in [1.82, 2.24) is 4.57 Å². The summed E-state index contributed by atoms with van der Waals surface area (Å²) in [5.74, 6) is 0.933. The number of para-hydroxylation sites is 1. The third-order valence-electron chi connectivity index (χ3n) is 3.63. The van der Waals surface area contributed by atoms with Gasteiger partial charge in [0.2, 0.25) is 0 Å². The summed E-state index contributed by atoms with van der Waals surface area (Å²) in [6.45, 7) is 2.27. The third-order valence-corrected chi connectivity index (χ3v) is 3.63. The Bertz CT molecular complexity index is 704. The van der Waals surface area contributed by atoms with Gasteiger partial charge in [0.25, 0.3) is 0 Å². The Morgan fingerprint density at radius 2 is 1.86 bits per heavy atom. The molecule has 0 radical (unpaired) electrons. The number of hydrogen-bond donors (Lipinski definition) is 1.